The SMILES string of the molecule is O=C(Cc1cccc2ccccc12)NCCn1nc(-c2ccccc2)ccc1=O. The number of hydrogen-bond acceptors (Lipinski definition) is 3. The average molecular weight is 383 g/mol. The van der Waals surface area contributed by atoms with E-state index in [1.165, 1.54) is 10.7 Å². The summed E-state index contributed by atoms with van der Waals surface area (Å²) < 4.78 is 1.39. The molecule has 29 heavy (non-hydrogen) atoms. The molecule has 5 heteroatoms. The molecule has 1 amide bonds. The molecule has 0 bridgehead atoms. The molecule has 0 fully saturated rings. The Hall–Kier alpha value is -3.73. The molecule has 0 spiro atoms. The summed E-state index contributed by atoms with van der Waals surface area (Å²) in [6.45, 7) is 0.662. The first-order chi connectivity index (χ1) is 14.2. The van der Waals surface area contributed by atoms with Gasteiger partial charge in [-0.2, -0.15) is 5.10 Å². The topological polar surface area (TPSA) is 64.0 Å². The summed E-state index contributed by atoms with van der Waals surface area (Å²) in [7, 11) is 0. The summed E-state index contributed by atoms with van der Waals surface area (Å²) in [5.41, 5.74) is 2.48. The molecule has 1 N–H and O–H groups in total. The third kappa shape index (κ3) is 4.41. The van der Waals surface area contributed by atoms with Gasteiger partial charge >= 0.3 is 0 Å². The Bertz CT molecular complexity index is 1190. The number of fused-ring (bicyclic) bond motifs is 1. The van der Waals surface area contributed by atoms with Gasteiger partial charge in [-0.15, -0.1) is 0 Å². The first-order valence-corrected chi connectivity index (χ1v) is 9.58. The van der Waals surface area contributed by atoms with Crippen molar-refractivity contribution in [1.29, 1.82) is 0 Å². The third-order valence-electron chi connectivity index (χ3n) is 4.81. The van der Waals surface area contributed by atoms with E-state index in [9.17, 15) is 9.59 Å². The zero-order valence-electron chi connectivity index (χ0n) is 15.9. The van der Waals surface area contributed by atoms with Gasteiger partial charge in [0, 0.05) is 18.2 Å². The predicted octanol–water partition coefficient (Wildman–Crippen LogP) is 3.42. The molecule has 144 valence electrons. The van der Waals surface area contributed by atoms with Crippen molar-refractivity contribution in [2.24, 2.45) is 0 Å². The minimum Gasteiger partial charge on any atom is -0.354 e. The summed E-state index contributed by atoms with van der Waals surface area (Å²) in [6, 6.07) is 26.9. The fraction of sp³-hybridized carbons (Fsp3) is 0.125. The van der Waals surface area contributed by atoms with E-state index in [2.05, 4.69) is 10.4 Å². The van der Waals surface area contributed by atoms with E-state index < -0.39 is 0 Å². The number of nitrogens with zero attached hydrogens (tertiary/aromatic N) is 2. The van der Waals surface area contributed by atoms with Crippen LogP contribution in [0.3, 0.4) is 0 Å². The second kappa shape index (κ2) is 8.52. The lowest BCUT2D eigenvalue weighted by molar-refractivity contribution is -0.120. The molecule has 0 aliphatic carbocycles. The average Bonchev–Trinajstić information content (AvgIpc) is 2.76. The molecule has 0 saturated heterocycles. The summed E-state index contributed by atoms with van der Waals surface area (Å²) in [5.74, 6) is -0.0754. The number of hydrogen-bond donors (Lipinski definition) is 1. The highest BCUT2D eigenvalue weighted by molar-refractivity contribution is 5.90. The fourth-order valence-corrected chi connectivity index (χ4v) is 3.36. The molecular formula is C24H21N3O2. The smallest absolute Gasteiger partial charge is 0.266 e. The summed E-state index contributed by atoms with van der Waals surface area (Å²) in [5, 5.41) is 9.51. The molecule has 1 heterocycles. The largest absolute Gasteiger partial charge is 0.354 e. The quantitative estimate of drug-likeness (QED) is 0.555. The van der Waals surface area contributed by atoms with Crippen LogP contribution >= 0.6 is 0 Å². The Kier molecular flexibility index (Phi) is 5.47. The minimum absolute atomic E-state index is 0.0754. The highest BCUT2D eigenvalue weighted by Crippen LogP contribution is 2.18. The van der Waals surface area contributed by atoms with Crippen LogP contribution in [0.2, 0.25) is 0 Å². The maximum Gasteiger partial charge on any atom is 0.266 e. The van der Waals surface area contributed by atoms with Gasteiger partial charge in [0.15, 0.2) is 0 Å². The van der Waals surface area contributed by atoms with Crippen LogP contribution in [-0.2, 0) is 17.8 Å². The van der Waals surface area contributed by atoms with Gasteiger partial charge in [-0.25, -0.2) is 4.68 Å². The van der Waals surface area contributed by atoms with Gasteiger partial charge in [0.05, 0.1) is 18.7 Å². The van der Waals surface area contributed by atoms with Crippen LogP contribution in [0.1, 0.15) is 5.56 Å². The molecule has 0 aliphatic rings. The lowest BCUT2D eigenvalue weighted by Crippen LogP contribution is -2.32. The Morgan fingerprint density at radius 1 is 0.862 bits per heavy atom. The van der Waals surface area contributed by atoms with Crippen molar-refractivity contribution >= 4 is 16.7 Å². The first kappa shape index (κ1) is 18.6. The number of rotatable bonds is 6. The number of benzene rings is 3. The van der Waals surface area contributed by atoms with Crippen molar-refractivity contribution in [2.45, 2.75) is 13.0 Å². The highest BCUT2D eigenvalue weighted by atomic mass is 16.1. The van der Waals surface area contributed by atoms with Gasteiger partial charge in [0.1, 0.15) is 0 Å². The number of carbonyl (C=O) groups is 1. The molecular weight excluding hydrogens is 362 g/mol. The highest BCUT2D eigenvalue weighted by Gasteiger charge is 2.08. The molecule has 4 rings (SSSR count). The van der Waals surface area contributed by atoms with Crippen molar-refractivity contribution in [2.75, 3.05) is 6.54 Å². The van der Waals surface area contributed by atoms with Crippen molar-refractivity contribution in [3.63, 3.8) is 0 Å². The Balaban J connectivity index is 1.40. The number of nitrogens with one attached hydrogen (secondary N) is 1. The zero-order valence-corrected chi connectivity index (χ0v) is 15.9. The van der Waals surface area contributed by atoms with Gasteiger partial charge < -0.3 is 5.32 Å². The van der Waals surface area contributed by atoms with Crippen LogP contribution in [0.25, 0.3) is 22.0 Å². The third-order valence-corrected chi connectivity index (χ3v) is 4.81. The van der Waals surface area contributed by atoms with E-state index in [0.29, 0.717) is 19.5 Å². The summed E-state index contributed by atoms with van der Waals surface area (Å²) >= 11 is 0. The van der Waals surface area contributed by atoms with E-state index in [-0.39, 0.29) is 11.5 Å². The molecule has 0 unspecified atom stereocenters. The van der Waals surface area contributed by atoms with Gasteiger partial charge in [0.2, 0.25) is 5.91 Å². The number of carbonyl (C=O) groups excluding carboxylic acids is 1. The van der Waals surface area contributed by atoms with E-state index >= 15 is 0 Å². The normalized spacial score (nSPS) is 10.8. The first-order valence-electron chi connectivity index (χ1n) is 9.58. The molecule has 3 aromatic carbocycles. The van der Waals surface area contributed by atoms with E-state index in [0.717, 1.165) is 27.6 Å². The van der Waals surface area contributed by atoms with Crippen molar-refractivity contribution in [1.82, 2.24) is 15.1 Å². The van der Waals surface area contributed by atoms with E-state index in [1.807, 2.05) is 72.8 Å². The van der Waals surface area contributed by atoms with Crippen molar-refractivity contribution in [3.8, 4) is 11.3 Å². The van der Waals surface area contributed by atoms with Crippen LogP contribution < -0.4 is 10.9 Å². The summed E-state index contributed by atoms with van der Waals surface area (Å²) in [4.78, 5) is 24.5. The van der Waals surface area contributed by atoms with Gasteiger partial charge in [-0.05, 0) is 22.4 Å². The molecule has 0 aliphatic heterocycles. The van der Waals surface area contributed by atoms with Gasteiger partial charge in [-0.3, -0.25) is 9.59 Å². The van der Waals surface area contributed by atoms with Crippen LogP contribution in [0.5, 0.6) is 0 Å². The minimum atomic E-state index is -0.187. The molecule has 0 atom stereocenters. The van der Waals surface area contributed by atoms with Crippen LogP contribution in [-0.4, -0.2) is 22.2 Å². The number of amides is 1. The molecule has 5 nitrogen and oxygen atoms in total. The molecule has 0 saturated carbocycles. The second-order valence-corrected chi connectivity index (χ2v) is 6.81. The number of aromatic nitrogens is 2. The lowest BCUT2D eigenvalue weighted by atomic mass is 10.0. The van der Waals surface area contributed by atoms with Gasteiger partial charge in [-0.1, -0.05) is 72.8 Å². The Labute approximate surface area is 168 Å². The Morgan fingerprint density at radius 3 is 2.48 bits per heavy atom. The molecule has 1 aromatic heterocycles. The van der Waals surface area contributed by atoms with Crippen molar-refractivity contribution in [3.05, 3.63) is 101 Å². The maximum atomic E-state index is 12.4. The van der Waals surface area contributed by atoms with E-state index in [1.54, 1.807) is 6.07 Å². The molecule has 0 radical (unpaired) electrons. The fourth-order valence-electron chi connectivity index (χ4n) is 3.36. The Morgan fingerprint density at radius 2 is 1.62 bits per heavy atom. The van der Waals surface area contributed by atoms with Crippen LogP contribution in [0, 0.1) is 0 Å². The van der Waals surface area contributed by atoms with Gasteiger partial charge in [0.25, 0.3) is 5.56 Å². The zero-order chi connectivity index (χ0) is 20.1. The van der Waals surface area contributed by atoms with Crippen molar-refractivity contribution < 1.29 is 4.79 Å². The standard InChI is InChI=1S/C24H21N3O2/c28-23(17-20-11-6-10-18-7-4-5-12-21(18)20)25-15-16-27-24(29)14-13-22(26-27)19-8-2-1-3-9-19/h1-14H,15-17H2,(H,25,28). The lowest BCUT2D eigenvalue weighted by Gasteiger charge is -2.10. The summed E-state index contributed by atoms with van der Waals surface area (Å²) in [6.07, 6.45) is 0.299. The maximum absolute atomic E-state index is 12.4. The van der Waals surface area contributed by atoms with E-state index in [4.69, 9.17) is 0 Å². The monoisotopic (exact) mass is 383 g/mol. The van der Waals surface area contributed by atoms with Crippen LogP contribution in [0.15, 0.2) is 89.7 Å². The molecule has 4 aromatic rings. The second-order valence-electron chi connectivity index (χ2n) is 6.81. The van der Waals surface area contributed by atoms with Crippen LogP contribution in [0.4, 0.5) is 0 Å². The predicted molar refractivity (Wildman–Crippen MR) is 115 cm³/mol.